The van der Waals surface area contributed by atoms with E-state index in [1.807, 2.05) is 18.7 Å². The van der Waals surface area contributed by atoms with Crippen LogP contribution in [0.15, 0.2) is 0 Å². The Morgan fingerprint density at radius 3 is 2.94 bits per heavy atom. The van der Waals surface area contributed by atoms with E-state index < -0.39 is 5.60 Å². The van der Waals surface area contributed by atoms with Crippen molar-refractivity contribution in [2.45, 2.75) is 56.8 Å². The van der Waals surface area contributed by atoms with Crippen LogP contribution in [-0.4, -0.2) is 47.6 Å². The van der Waals surface area contributed by atoms with E-state index in [-0.39, 0.29) is 11.7 Å². The maximum atomic E-state index is 10.6. The maximum absolute atomic E-state index is 10.6. The van der Waals surface area contributed by atoms with E-state index in [2.05, 4.69) is 6.92 Å². The molecule has 1 N–H and O–H groups in total. The molecular weight excluding hydrogens is 248 g/mol. The van der Waals surface area contributed by atoms with Gasteiger partial charge in [0.1, 0.15) is 0 Å². The molecule has 18 heavy (non-hydrogen) atoms. The molecule has 0 aromatic carbocycles. The van der Waals surface area contributed by atoms with Gasteiger partial charge in [0.25, 0.3) is 0 Å². The third-order valence-electron chi connectivity index (χ3n) is 4.84. The second kappa shape index (κ2) is 5.70. The van der Waals surface area contributed by atoms with Gasteiger partial charge in [0.15, 0.2) is 0 Å². The molecule has 4 unspecified atom stereocenters. The average Bonchev–Trinajstić information content (AvgIpc) is 2.85. The van der Waals surface area contributed by atoms with Gasteiger partial charge in [0.2, 0.25) is 0 Å². The molecule has 0 saturated carbocycles. The van der Waals surface area contributed by atoms with Crippen molar-refractivity contribution in [3.8, 4) is 0 Å². The van der Waals surface area contributed by atoms with Gasteiger partial charge >= 0.3 is 0 Å². The molecular formula is C14H26O3S. The van der Waals surface area contributed by atoms with Crippen LogP contribution in [0.3, 0.4) is 0 Å². The van der Waals surface area contributed by atoms with Crippen LogP contribution in [0.25, 0.3) is 0 Å². The van der Waals surface area contributed by atoms with Crippen LogP contribution in [0.5, 0.6) is 0 Å². The highest BCUT2D eigenvalue weighted by Gasteiger charge is 2.46. The van der Waals surface area contributed by atoms with Gasteiger partial charge in [-0.1, -0.05) is 6.92 Å². The predicted molar refractivity (Wildman–Crippen MR) is 75.1 cm³/mol. The second-order valence-electron chi connectivity index (χ2n) is 5.90. The molecule has 0 aromatic rings. The van der Waals surface area contributed by atoms with Gasteiger partial charge in [0, 0.05) is 19.5 Å². The molecule has 2 aliphatic rings. The Morgan fingerprint density at radius 1 is 1.61 bits per heavy atom. The summed E-state index contributed by atoms with van der Waals surface area (Å²) in [5.74, 6) is 2.59. The van der Waals surface area contributed by atoms with Crippen LogP contribution in [0, 0.1) is 5.92 Å². The first kappa shape index (κ1) is 14.6. The Bertz CT molecular complexity index is 272. The Balaban J connectivity index is 2.04. The molecule has 2 rings (SSSR count). The summed E-state index contributed by atoms with van der Waals surface area (Å²) in [4.78, 5) is 0. The zero-order valence-corrected chi connectivity index (χ0v) is 12.6. The first-order valence-corrected chi connectivity index (χ1v) is 8.16. The van der Waals surface area contributed by atoms with Crippen molar-refractivity contribution in [1.82, 2.24) is 0 Å². The van der Waals surface area contributed by atoms with Crippen molar-refractivity contribution in [2.24, 2.45) is 5.92 Å². The molecule has 4 heteroatoms. The molecule has 0 bridgehead atoms. The van der Waals surface area contributed by atoms with Gasteiger partial charge in [-0.15, -0.1) is 0 Å². The van der Waals surface area contributed by atoms with E-state index in [0.717, 1.165) is 38.0 Å². The topological polar surface area (TPSA) is 38.7 Å². The number of rotatable bonds is 4. The predicted octanol–water partition coefficient (Wildman–Crippen LogP) is 2.46. The number of methoxy groups -OCH3 is 1. The lowest BCUT2D eigenvalue weighted by Gasteiger charge is -2.44. The third-order valence-corrected chi connectivity index (χ3v) is 6.06. The summed E-state index contributed by atoms with van der Waals surface area (Å²) in [6.45, 7) is 4.88. The lowest BCUT2D eigenvalue weighted by molar-refractivity contribution is -0.156. The normalized spacial score (nSPS) is 37.7. The molecule has 0 aliphatic carbocycles. The molecule has 2 fully saturated rings. The van der Waals surface area contributed by atoms with Crippen LogP contribution >= 0.6 is 11.8 Å². The first-order valence-electron chi connectivity index (χ1n) is 7.00. The summed E-state index contributed by atoms with van der Waals surface area (Å²) in [5.41, 5.74) is -0.383. The number of ether oxygens (including phenoxy) is 2. The zero-order valence-electron chi connectivity index (χ0n) is 11.8. The lowest BCUT2D eigenvalue weighted by Crippen LogP contribution is -2.51. The van der Waals surface area contributed by atoms with Crippen LogP contribution < -0.4 is 0 Å². The Labute approximate surface area is 115 Å². The van der Waals surface area contributed by atoms with Crippen LogP contribution in [0.1, 0.15) is 39.5 Å². The van der Waals surface area contributed by atoms with Crippen molar-refractivity contribution >= 4 is 11.8 Å². The largest absolute Gasteiger partial charge is 0.390 e. The second-order valence-corrected chi connectivity index (χ2v) is 7.01. The molecule has 2 aliphatic heterocycles. The van der Waals surface area contributed by atoms with Gasteiger partial charge in [-0.25, -0.2) is 0 Å². The third kappa shape index (κ3) is 2.72. The number of hydrogen-bond donors (Lipinski definition) is 1. The summed E-state index contributed by atoms with van der Waals surface area (Å²) in [6, 6.07) is 0. The minimum Gasteiger partial charge on any atom is -0.390 e. The van der Waals surface area contributed by atoms with Crippen molar-refractivity contribution in [3.63, 3.8) is 0 Å². The maximum Gasteiger partial charge on any atom is 0.0908 e. The van der Waals surface area contributed by atoms with Crippen LogP contribution in [0.4, 0.5) is 0 Å². The standard InChI is InChI=1S/C14H26O3S/c1-4-13(2,16-3)12(15)11-5-7-17-14(9-11)6-8-18-10-14/h11-12,15H,4-10H2,1-3H3. The molecule has 0 amide bonds. The summed E-state index contributed by atoms with van der Waals surface area (Å²) in [5, 5.41) is 10.6. The monoisotopic (exact) mass is 274 g/mol. The van der Waals surface area contributed by atoms with Gasteiger partial charge in [-0.3, -0.25) is 0 Å². The van der Waals surface area contributed by atoms with E-state index in [9.17, 15) is 5.11 Å². The Morgan fingerprint density at radius 2 is 2.39 bits per heavy atom. The molecule has 2 heterocycles. The highest BCUT2D eigenvalue weighted by atomic mass is 32.2. The summed E-state index contributed by atoms with van der Waals surface area (Å²) >= 11 is 1.97. The molecule has 0 aromatic heterocycles. The van der Waals surface area contributed by atoms with Gasteiger partial charge < -0.3 is 14.6 Å². The quantitative estimate of drug-likeness (QED) is 0.855. The van der Waals surface area contributed by atoms with Gasteiger partial charge in [0.05, 0.1) is 17.3 Å². The Hall–Kier alpha value is 0.230. The molecule has 0 radical (unpaired) electrons. The Kier molecular flexibility index (Phi) is 4.63. The molecule has 4 atom stereocenters. The SMILES string of the molecule is CCC(C)(OC)C(O)C1CCOC2(CCSC2)C1. The van der Waals surface area contributed by atoms with E-state index >= 15 is 0 Å². The molecule has 3 nitrogen and oxygen atoms in total. The smallest absolute Gasteiger partial charge is 0.0908 e. The summed E-state index contributed by atoms with van der Waals surface area (Å²) < 4.78 is 11.6. The van der Waals surface area contributed by atoms with E-state index in [1.54, 1.807) is 7.11 Å². The molecule has 2 saturated heterocycles. The van der Waals surface area contributed by atoms with Crippen molar-refractivity contribution in [1.29, 1.82) is 0 Å². The molecule has 1 spiro atoms. The van der Waals surface area contributed by atoms with Gasteiger partial charge in [-0.2, -0.15) is 11.8 Å². The van der Waals surface area contributed by atoms with Crippen molar-refractivity contribution < 1.29 is 14.6 Å². The zero-order chi connectivity index (χ0) is 13.2. The highest BCUT2D eigenvalue weighted by Crippen LogP contribution is 2.43. The number of hydrogen-bond acceptors (Lipinski definition) is 4. The lowest BCUT2D eigenvalue weighted by atomic mass is 9.76. The van der Waals surface area contributed by atoms with E-state index in [0.29, 0.717) is 5.92 Å². The number of aliphatic hydroxyl groups excluding tert-OH is 1. The summed E-state index contributed by atoms with van der Waals surface area (Å²) in [7, 11) is 1.70. The van der Waals surface area contributed by atoms with Crippen LogP contribution in [-0.2, 0) is 9.47 Å². The number of aliphatic hydroxyl groups is 1. The van der Waals surface area contributed by atoms with Crippen molar-refractivity contribution in [3.05, 3.63) is 0 Å². The summed E-state index contributed by atoms with van der Waals surface area (Å²) in [6.07, 6.45) is 3.52. The number of thioether (sulfide) groups is 1. The molecule has 106 valence electrons. The first-order chi connectivity index (χ1) is 8.55. The average molecular weight is 274 g/mol. The van der Waals surface area contributed by atoms with E-state index in [4.69, 9.17) is 9.47 Å². The van der Waals surface area contributed by atoms with Crippen molar-refractivity contribution in [2.75, 3.05) is 25.2 Å². The fourth-order valence-electron chi connectivity index (χ4n) is 3.17. The highest BCUT2D eigenvalue weighted by molar-refractivity contribution is 7.99. The van der Waals surface area contributed by atoms with E-state index in [1.165, 1.54) is 5.75 Å². The van der Waals surface area contributed by atoms with Crippen LogP contribution in [0.2, 0.25) is 0 Å². The fraction of sp³-hybridized carbons (Fsp3) is 1.00. The van der Waals surface area contributed by atoms with Gasteiger partial charge in [-0.05, 0) is 44.3 Å². The minimum absolute atomic E-state index is 0.0386. The minimum atomic E-state index is -0.422. The fourth-order valence-corrected chi connectivity index (χ4v) is 4.55.